The molecule has 0 saturated carbocycles. The number of benzene rings is 2. The summed E-state index contributed by atoms with van der Waals surface area (Å²) in [6.45, 7) is 6.75. The molecule has 0 aliphatic heterocycles. The quantitative estimate of drug-likeness (QED) is 0.210. The van der Waals surface area contributed by atoms with Crippen LogP contribution in [0.1, 0.15) is 29.7 Å². The molecule has 0 unspecified atom stereocenters. The number of aliphatic carboxylic acids is 1. The molecule has 2 aromatic heterocycles. The third-order valence-electron chi connectivity index (χ3n) is 6.01. The molecule has 7 nitrogen and oxygen atoms in total. The van der Waals surface area contributed by atoms with Gasteiger partial charge in [0.05, 0.1) is 23.1 Å². The van der Waals surface area contributed by atoms with E-state index >= 15 is 0 Å². The fourth-order valence-corrected chi connectivity index (χ4v) is 4.17. The Morgan fingerprint density at radius 2 is 1.91 bits per heavy atom. The van der Waals surface area contributed by atoms with Crippen LogP contribution >= 0.6 is 0 Å². The Hall–Kier alpha value is -3.71. The zero-order valence-corrected chi connectivity index (χ0v) is 19.6. The first kappa shape index (κ1) is 23.4. The molecule has 0 spiro atoms. The number of aromatic nitrogens is 2. The summed E-state index contributed by atoms with van der Waals surface area (Å²) in [5.74, 6) is -0.904. The number of hydrogen-bond donors (Lipinski definition) is 2. The van der Waals surface area contributed by atoms with Crippen molar-refractivity contribution >= 4 is 27.8 Å². The number of nitrogens with zero attached hydrogens (tertiary/aromatic N) is 3. The molecule has 176 valence electrons. The highest BCUT2D eigenvalue weighted by molar-refractivity contribution is 5.95. The zero-order chi connectivity index (χ0) is 23.9. The molecular weight excluding hydrogens is 428 g/mol. The van der Waals surface area contributed by atoms with E-state index in [9.17, 15) is 4.79 Å². The highest BCUT2D eigenvalue weighted by atomic mass is 16.6. The van der Waals surface area contributed by atoms with E-state index in [0.717, 1.165) is 58.9 Å². The van der Waals surface area contributed by atoms with E-state index < -0.39 is 5.97 Å². The van der Waals surface area contributed by atoms with Crippen molar-refractivity contribution in [2.24, 2.45) is 5.16 Å². The number of pyridine rings is 2. The van der Waals surface area contributed by atoms with Gasteiger partial charge in [0.15, 0.2) is 0 Å². The first-order valence-electron chi connectivity index (χ1n) is 11.6. The third kappa shape index (κ3) is 5.26. The normalized spacial score (nSPS) is 11.9. The maximum absolute atomic E-state index is 10.9. The highest BCUT2D eigenvalue weighted by Gasteiger charge is 2.13. The molecule has 0 aliphatic carbocycles. The number of para-hydroxylation sites is 1. The van der Waals surface area contributed by atoms with Crippen LogP contribution in [0.2, 0.25) is 0 Å². The van der Waals surface area contributed by atoms with Crippen LogP contribution in [-0.4, -0.2) is 33.8 Å². The van der Waals surface area contributed by atoms with Crippen LogP contribution in [0.5, 0.6) is 0 Å². The van der Waals surface area contributed by atoms with Gasteiger partial charge in [-0.05, 0) is 56.1 Å². The first-order chi connectivity index (χ1) is 16.6. The second-order valence-electron chi connectivity index (χ2n) is 8.34. The second kappa shape index (κ2) is 10.9. The van der Waals surface area contributed by atoms with E-state index in [1.54, 1.807) is 0 Å². The van der Waals surface area contributed by atoms with Gasteiger partial charge in [0.1, 0.15) is 12.0 Å². The van der Waals surface area contributed by atoms with E-state index in [4.69, 9.17) is 9.94 Å². The number of nitrogens with one attached hydrogen (secondary N) is 1. The van der Waals surface area contributed by atoms with Gasteiger partial charge in [0.25, 0.3) is 0 Å². The maximum atomic E-state index is 10.9. The molecule has 2 N–H and O–H groups in total. The van der Waals surface area contributed by atoms with Gasteiger partial charge in [0, 0.05) is 30.1 Å². The van der Waals surface area contributed by atoms with Gasteiger partial charge in [-0.2, -0.15) is 0 Å². The summed E-state index contributed by atoms with van der Waals surface area (Å²) in [7, 11) is 0. The monoisotopic (exact) mass is 458 g/mol. The summed E-state index contributed by atoms with van der Waals surface area (Å²) in [4.78, 5) is 20.7. The Morgan fingerprint density at radius 1 is 1.09 bits per heavy atom. The third-order valence-corrected chi connectivity index (χ3v) is 6.01. The van der Waals surface area contributed by atoms with E-state index in [1.165, 1.54) is 11.1 Å². The molecule has 7 heteroatoms. The number of carboxylic acids is 1. The van der Waals surface area contributed by atoms with Crippen molar-refractivity contribution in [3.63, 3.8) is 0 Å². The molecule has 4 rings (SSSR count). The van der Waals surface area contributed by atoms with Gasteiger partial charge in [-0.1, -0.05) is 41.6 Å². The topological polar surface area (TPSA) is 88.7 Å². The smallest absolute Gasteiger partial charge is 0.306 e. The lowest BCUT2D eigenvalue weighted by Gasteiger charge is -2.19. The molecule has 0 bridgehead atoms. The van der Waals surface area contributed by atoms with Gasteiger partial charge in [-0.15, -0.1) is 0 Å². The van der Waals surface area contributed by atoms with Crippen molar-refractivity contribution in [1.29, 1.82) is 0 Å². The molecule has 2 aromatic carbocycles. The Morgan fingerprint density at radius 3 is 2.71 bits per heavy atom. The van der Waals surface area contributed by atoms with E-state index in [2.05, 4.69) is 52.1 Å². The van der Waals surface area contributed by atoms with Crippen LogP contribution in [0.15, 0.2) is 65.9 Å². The lowest BCUT2D eigenvalue weighted by molar-refractivity contribution is -0.138. The Bertz CT molecular complexity index is 1360. The number of rotatable bonds is 10. The van der Waals surface area contributed by atoms with Crippen molar-refractivity contribution in [2.45, 2.75) is 39.8 Å². The summed E-state index contributed by atoms with van der Waals surface area (Å²) >= 11 is 0. The van der Waals surface area contributed by atoms with Crippen molar-refractivity contribution in [3.8, 4) is 0 Å². The summed E-state index contributed by atoms with van der Waals surface area (Å²) in [6.07, 6.45) is 2.68. The number of hydrogen-bond acceptors (Lipinski definition) is 5. The predicted molar refractivity (Wildman–Crippen MR) is 133 cm³/mol. The molecular formula is C27H30N4O3. The van der Waals surface area contributed by atoms with Gasteiger partial charge in [-0.25, -0.2) is 0 Å². The van der Waals surface area contributed by atoms with Crippen LogP contribution in [-0.2, 0) is 22.7 Å². The van der Waals surface area contributed by atoms with Gasteiger partial charge >= 0.3 is 5.97 Å². The maximum Gasteiger partial charge on any atom is 0.306 e. The lowest BCUT2D eigenvalue weighted by Crippen LogP contribution is -2.19. The average molecular weight is 459 g/mol. The average Bonchev–Trinajstić information content (AvgIpc) is 2.85. The van der Waals surface area contributed by atoms with Gasteiger partial charge in [-0.3, -0.25) is 9.78 Å². The van der Waals surface area contributed by atoms with Gasteiger partial charge in [0.2, 0.25) is 0 Å². The van der Waals surface area contributed by atoms with Crippen molar-refractivity contribution < 1.29 is 14.7 Å². The van der Waals surface area contributed by atoms with E-state index in [1.807, 2.05) is 42.6 Å². The SMILES string of the molecule is Cc1ccc2/c(=N/OCCC(=O)O)c3ccccc3n(CCCNCc3ccccn3)c2c1C. The largest absolute Gasteiger partial charge is 0.481 e. The van der Waals surface area contributed by atoms with Crippen LogP contribution < -0.4 is 10.7 Å². The lowest BCUT2D eigenvalue weighted by atomic mass is 10.0. The van der Waals surface area contributed by atoms with Crippen molar-refractivity contribution in [1.82, 2.24) is 14.9 Å². The minimum atomic E-state index is -0.904. The molecule has 0 aliphatic rings. The first-order valence-corrected chi connectivity index (χ1v) is 11.6. The summed E-state index contributed by atoms with van der Waals surface area (Å²) in [5.41, 5.74) is 5.65. The Balaban J connectivity index is 1.68. The molecule has 2 heterocycles. The van der Waals surface area contributed by atoms with Crippen molar-refractivity contribution in [3.05, 3.63) is 83.0 Å². The van der Waals surface area contributed by atoms with Gasteiger partial charge < -0.3 is 19.8 Å². The summed E-state index contributed by atoms with van der Waals surface area (Å²) in [6, 6.07) is 18.3. The number of carbonyl (C=O) groups is 1. The van der Waals surface area contributed by atoms with Crippen LogP contribution in [0.4, 0.5) is 0 Å². The predicted octanol–water partition coefficient (Wildman–Crippen LogP) is 4.29. The van der Waals surface area contributed by atoms with E-state index in [0.29, 0.717) is 0 Å². The van der Waals surface area contributed by atoms with Crippen molar-refractivity contribution in [2.75, 3.05) is 13.2 Å². The fourth-order valence-electron chi connectivity index (χ4n) is 4.17. The van der Waals surface area contributed by atoms with Crippen LogP contribution in [0.25, 0.3) is 21.8 Å². The molecule has 34 heavy (non-hydrogen) atoms. The summed E-state index contributed by atoms with van der Waals surface area (Å²) in [5, 5.41) is 19.5. The second-order valence-corrected chi connectivity index (χ2v) is 8.34. The van der Waals surface area contributed by atoms with Crippen LogP contribution in [0.3, 0.4) is 0 Å². The molecule has 0 fully saturated rings. The Kier molecular flexibility index (Phi) is 7.54. The number of fused-ring (bicyclic) bond motifs is 2. The molecule has 0 saturated heterocycles. The molecule has 4 aromatic rings. The van der Waals surface area contributed by atoms with E-state index in [-0.39, 0.29) is 13.0 Å². The Labute approximate surface area is 198 Å². The fraction of sp³-hybridized carbons (Fsp3) is 0.296. The zero-order valence-electron chi connectivity index (χ0n) is 19.6. The standard InChI is InChI=1S/C27H30N4O3/c1-19-11-12-23-26(30-34-17-13-25(32)33)22-9-3-4-10-24(22)31(27(23)20(19)2)16-7-14-28-18-21-8-5-6-15-29-21/h3-6,8-12,15,28H,7,13-14,16-18H2,1-2H3,(H,32,33)/b30-26+. The summed E-state index contributed by atoms with van der Waals surface area (Å²) < 4.78 is 2.37. The molecule has 0 amide bonds. The number of aryl methyl sites for hydroxylation is 3. The molecule has 0 radical (unpaired) electrons. The molecule has 0 atom stereocenters. The minimum absolute atomic E-state index is 0.0346. The van der Waals surface area contributed by atoms with Crippen LogP contribution in [0, 0.1) is 13.8 Å². The highest BCUT2D eigenvalue weighted by Crippen LogP contribution is 2.25. The minimum Gasteiger partial charge on any atom is -0.481 e. The number of carboxylic acid groups (broad SMARTS) is 1.